The Bertz CT molecular complexity index is 5330. The zero-order valence-corrected chi connectivity index (χ0v) is 64.7. The van der Waals surface area contributed by atoms with Gasteiger partial charge in [0.05, 0.1) is 45.3 Å². The number of unbranched alkanes of at least 4 members (excludes halogenated alkanes) is 4. The summed E-state index contributed by atoms with van der Waals surface area (Å²) in [4.78, 5) is 88.3. The summed E-state index contributed by atoms with van der Waals surface area (Å²) >= 11 is 2.36. The second-order valence-electron chi connectivity index (χ2n) is 26.2. The Labute approximate surface area is 630 Å². The van der Waals surface area contributed by atoms with Gasteiger partial charge in [-0.15, -0.1) is 22.7 Å². The number of hydrogen-bond donors (Lipinski definition) is 12. The number of aromatic nitrogens is 2. The van der Waals surface area contributed by atoms with Gasteiger partial charge in [0.1, 0.15) is 35.2 Å². The number of amides is 4. The van der Waals surface area contributed by atoms with Crippen LogP contribution in [-0.4, -0.2) is 211 Å². The van der Waals surface area contributed by atoms with Crippen LogP contribution in [0.4, 0.5) is 11.4 Å². The third kappa shape index (κ3) is 23.2. The van der Waals surface area contributed by atoms with Crippen molar-refractivity contribution in [1.29, 1.82) is 0 Å². The molecule has 6 heterocycles. The summed E-state index contributed by atoms with van der Waals surface area (Å²) in [5.41, 5.74) is -1.11. The van der Waals surface area contributed by atoms with Crippen molar-refractivity contribution in [3.63, 3.8) is 0 Å². The third-order valence-corrected chi connectivity index (χ3v) is 24.4. The van der Waals surface area contributed by atoms with Crippen LogP contribution in [0.25, 0.3) is 42.4 Å². The highest BCUT2D eigenvalue weighted by Crippen LogP contribution is 2.57. The fourth-order valence-electron chi connectivity index (χ4n) is 13.2. The van der Waals surface area contributed by atoms with E-state index < -0.39 is 160 Å². The summed E-state index contributed by atoms with van der Waals surface area (Å²) < 4.78 is 210. The number of benzene rings is 2. The van der Waals surface area contributed by atoms with Crippen molar-refractivity contribution in [2.24, 2.45) is 0 Å². The Morgan fingerprint density at radius 2 is 0.917 bits per heavy atom. The molecule has 2 aliphatic heterocycles. The van der Waals surface area contributed by atoms with Crippen LogP contribution in [0.15, 0.2) is 83.2 Å². The lowest BCUT2D eigenvalue weighted by Gasteiger charge is -2.30. The number of carboxylic acid groups (broad SMARTS) is 2. The lowest BCUT2D eigenvalue weighted by Crippen LogP contribution is -2.32. The van der Waals surface area contributed by atoms with E-state index in [1.807, 2.05) is 0 Å². The highest BCUT2D eigenvalue weighted by Gasteiger charge is 2.50. The Morgan fingerprint density at radius 3 is 1.39 bits per heavy atom. The number of rotatable bonds is 41. The highest BCUT2D eigenvalue weighted by atomic mass is 32.2. The van der Waals surface area contributed by atoms with Crippen LogP contribution in [0.2, 0.25) is 0 Å². The van der Waals surface area contributed by atoms with Crippen LogP contribution >= 0.6 is 22.7 Å². The zero-order chi connectivity index (χ0) is 79.5. The van der Waals surface area contributed by atoms with E-state index in [-0.39, 0.29) is 100 Å². The minimum absolute atomic E-state index is 0.0308. The van der Waals surface area contributed by atoms with E-state index in [1.54, 1.807) is 76.6 Å². The molecule has 4 amide bonds. The van der Waals surface area contributed by atoms with Gasteiger partial charge in [0.15, 0.2) is 5.71 Å². The number of thiophene rings is 2. The largest absolute Gasteiger partial charge is 0.481 e. The Morgan fingerprint density at radius 1 is 0.491 bits per heavy atom. The first-order valence-electron chi connectivity index (χ1n) is 33.6. The van der Waals surface area contributed by atoms with Gasteiger partial charge in [-0.2, -0.15) is 55.1 Å². The summed E-state index contributed by atoms with van der Waals surface area (Å²) in [6.07, 6.45) is 5.46. The van der Waals surface area contributed by atoms with Crippen molar-refractivity contribution in [3.8, 4) is 22.3 Å². The van der Waals surface area contributed by atoms with Gasteiger partial charge in [-0.05, 0) is 154 Å². The summed E-state index contributed by atoms with van der Waals surface area (Å²) in [5, 5.41) is 32.4. The van der Waals surface area contributed by atoms with Crippen molar-refractivity contribution in [3.05, 3.63) is 117 Å². The van der Waals surface area contributed by atoms with E-state index in [0.29, 0.717) is 104 Å². The molecular formula is C66H81N8O26S8+. The van der Waals surface area contributed by atoms with Gasteiger partial charge >= 0.3 is 11.9 Å². The predicted octanol–water partition coefficient (Wildman–Crippen LogP) is 6.65. The van der Waals surface area contributed by atoms with Crippen molar-refractivity contribution < 1.29 is 121 Å². The maximum atomic E-state index is 14.0. The molecule has 6 aromatic rings. The average Bonchev–Trinajstić information content (AvgIpc) is 1.56. The standard InChI is InChI=1S/C66H80N8O26S8/c1-65(20-10-29-103(83,84)85)47-38-45(41-34-49(61(79)67-22-7-3-5-16-55(75)76)71-51(36-41)63(81)69-24-33-107(95,96)97)59-43(18-27-101-59)57(47)73(25-12-31-105(89,90)91)53(65)14-9-15-54-66(2,21-11-30-104(86,87)88)48-39-46(60-44(19-28-102-60)58(48)74(54)26-13-32-106(92,93)94)42-35-50(62(80)68-23-8-4-6-17-56(77)78)72-52(37-42)64(82)70-40-108(98,99)100/h9,14-15,18-19,27-28,34-39H,3-8,10-13,16-17,20-26,29-33,40H2,1-2H3,(H11-,67,68,69,70,75,76,77,78,79,80,81,82,83,84,85,86,87,88,89,90,91,92,93,94,95,96,97,98,99,100)/p+1. The Balaban J connectivity index is 1.36. The van der Waals surface area contributed by atoms with Gasteiger partial charge < -0.3 is 36.4 Å². The van der Waals surface area contributed by atoms with Crippen LogP contribution in [0.3, 0.4) is 0 Å². The molecule has 0 saturated heterocycles. The molecule has 0 aliphatic carbocycles. The van der Waals surface area contributed by atoms with Gasteiger partial charge in [0, 0.05) is 94.1 Å². The molecule has 2 unspecified atom stereocenters. The lowest BCUT2D eigenvalue weighted by molar-refractivity contribution is -0.435. The number of fused-ring (bicyclic) bond motifs is 6. The topological polar surface area (TPSA) is 549 Å². The summed E-state index contributed by atoms with van der Waals surface area (Å²) in [6, 6.07) is 12.1. The van der Waals surface area contributed by atoms with Crippen LogP contribution < -0.4 is 26.2 Å². The number of allylic oxidation sites excluding steroid dienone is 4. The first kappa shape index (κ1) is 85.5. The quantitative estimate of drug-likeness (QED) is 0.0109. The maximum Gasteiger partial charge on any atom is 0.303 e. The van der Waals surface area contributed by atoms with E-state index in [0.717, 1.165) is 0 Å². The van der Waals surface area contributed by atoms with Crippen LogP contribution in [0, 0.1) is 0 Å². The van der Waals surface area contributed by atoms with Crippen LogP contribution in [0.1, 0.15) is 157 Å². The molecule has 0 fully saturated rings. The van der Waals surface area contributed by atoms with Gasteiger partial charge in [-0.1, -0.05) is 18.9 Å². The molecule has 2 aromatic carbocycles. The number of nitrogens with zero attached hydrogens (tertiary/aromatic N) is 4. The fourth-order valence-corrected chi connectivity index (χ4v) is 17.8. The van der Waals surface area contributed by atoms with Gasteiger partial charge in [-0.3, -0.25) is 56.1 Å². The van der Waals surface area contributed by atoms with Crippen LogP contribution in [-0.2, 0) is 81.1 Å². The fraction of sp³-hybridized carbons (Fsp3) is 0.439. The summed E-state index contributed by atoms with van der Waals surface area (Å²) in [7, 11) is -28.0. The minimum Gasteiger partial charge on any atom is -0.481 e. The maximum absolute atomic E-state index is 14.0. The molecule has 0 bridgehead atoms. The van der Waals surface area contributed by atoms with Crippen molar-refractivity contribution in [2.45, 2.75) is 115 Å². The van der Waals surface area contributed by atoms with Crippen molar-refractivity contribution in [2.75, 3.05) is 72.3 Å². The van der Waals surface area contributed by atoms with Crippen molar-refractivity contribution >= 4 is 156 Å². The molecule has 108 heavy (non-hydrogen) atoms. The predicted molar refractivity (Wildman–Crippen MR) is 402 cm³/mol. The number of nitrogens with one attached hydrogen (secondary N) is 4. The normalized spacial score (nSPS) is 16.7. The highest BCUT2D eigenvalue weighted by molar-refractivity contribution is 7.87. The molecule has 0 spiro atoms. The smallest absolute Gasteiger partial charge is 0.303 e. The lowest BCUT2D eigenvalue weighted by atomic mass is 9.74. The van der Waals surface area contributed by atoms with Gasteiger partial charge in [-0.25, -0.2) is 9.97 Å². The number of carbonyl (C=O) groups is 6. The number of pyridine rings is 2. The van der Waals surface area contributed by atoms with Gasteiger partial charge in [0.2, 0.25) is 5.69 Å². The zero-order valence-electron chi connectivity index (χ0n) is 58.2. The Kier molecular flexibility index (Phi) is 27.9. The molecule has 588 valence electrons. The number of carboxylic acids is 2. The van der Waals surface area contributed by atoms with E-state index in [9.17, 15) is 107 Å². The molecule has 0 saturated carbocycles. The molecule has 34 nitrogen and oxygen atoms in total. The first-order chi connectivity index (χ1) is 50.3. The second-order valence-corrected chi connectivity index (χ2v) is 37.4. The molecule has 12 N–H and O–H groups in total. The number of carbonyl (C=O) groups excluding carboxylic acids is 4. The number of aliphatic carboxylic acids is 2. The number of anilines is 1. The minimum atomic E-state index is -4.81. The monoisotopic (exact) mass is 1660 g/mol. The molecule has 2 atom stereocenters. The van der Waals surface area contributed by atoms with E-state index in [4.69, 9.17) is 10.2 Å². The molecule has 4 aromatic heterocycles. The molecule has 8 rings (SSSR count). The Hall–Kier alpha value is -8.11. The molecule has 2 aliphatic rings. The van der Waals surface area contributed by atoms with E-state index >= 15 is 0 Å². The van der Waals surface area contributed by atoms with Crippen LogP contribution in [0.5, 0.6) is 0 Å². The molecular weight excluding hydrogens is 1580 g/mol. The first-order valence-corrected chi connectivity index (χ1v) is 45.0. The summed E-state index contributed by atoms with van der Waals surface area (Å²) in [5.74, 6) is -11.0. The molecule has 42 heteroatoms. The van der Waals surface area contributed by atoms with E-state index in [2.05, 4.69) is 31.2 Å². The van der Waals surface area contributed by atoms with E-state index in [1.165, 1.54) is 46.9 Å². The average molecular weight is 1660 g/mol. The second kappa shape index (κ2) is 35.3. The SMILES string of the molecule is CC1(CCCS(=O)(=O)O)C(/C=C/C=C2/N(CCCS(=O)(=O)O)c3c(cc(-c4cc(C(=O)NCCCCCC(=O)O)nc(C(=O)NCCS(=O)(=O)O)c4)c4sccc34)C2(C)CCCS(=O)(=O)O)=[N+](CCCS(=O)(=O)O)c2c1cc(-c1cc(C(=O)NCCCCCC(=O)O)nc(C(=O)NCS(=O)(=O)O)c1)c1sccc21. The number of hydrogen-bond acceptors (Lipinski definition) is 23. The molecule has 0 radical (unpaired) electrons. The van der Waals surface area contributed by atoms with Crippen molar-refractivity contribution in [1.82, 2.24) is 31.2 Å². The third-order valence-electron chi connectivity index (χ3n) is 18.1. The summed E-state index contributed by atoms with van der Waals surface area (Å²) in [6.45, 7) is 2.58. The van der Waals surface area contributed by atoms with Gasteiger partial charge in [0.25, 0.3) is 84.3 Å².